The molecule has 1 aromatic carbocycles. The topological polar surface area (TPSA) is 41.1 Å². The van der Waals surface area contributed by atoms with Crippen molar-refractivity contribution in [3.63, 3.8) is 0 Å². The highest BCUT2D eigenvalue weighted by Gasteiger charge is 2.24. The number of nitrogens with one attached hydrogen (secondary N) is 1. The molecule has 112 valence electrons. The molecular weight excluding hydrogens is 311 g/mol. The third-order valence-corrected chi connectivity index (χ3v) is 4.54. The molecule has 21 heavy (non-hydrogen) atoms. The third-order valence-electron chi connectivity index (χ3n) is 3.57. The Labute approximate surface area is 132 Å². The van der Waals surface area contributed by atoms with Crippen molar-refractivity contribution < 1.29 is 4.39 Å². The van der Waals surface area contributed by atoms with Crippen LogP contribution in [-0.4, -0.2) is 28.5 Å². The fraction of sp³-hybridized carbons (Fsp3) is 0.429. The summed E-state index contributed by atoms with van der Waals surface area (Å²) in [5.41, 5.74) is 0.956. The molecule has 0 aliphatic carbocycles. The van der Waals surface area contributed by atoms with E-state index in [9.17, 15) is 4.39 Å². The lowest BCUT2D eigenvalue weighted by Gasteiger charge is -2.19. The second-order valence-corrected chi connectivity index (χ2v) is 6.20. The van der Waals surface area contributed by atoms with Gasteiger partial charge in [0.1, 0.15) is 11.6 Å². The number of hydrogen-bond acceptors (Lipinski definition) is 5. The second-order valence-electron chi connectivity index (χ2n) is 5.04. The van der Waals surface area contributed by atoms with Gasteiger partial charge in [-0.25, -0.2) is 9.37 Å². The van der Waals surface area contributed by atoms with E-state index in [1.807, 2.05) is 6.92 Å². The van der Waals surface area contributed by atoms with Crippen LogP contribution in [0.1, 0.15) is 19.2 Å². The fourth-order valence-corrected chi connectivity index (χ4v) is 3.33. The summed E-state index contributed by atoms with van der Waals surface area (Å²) >= 11 is 7.24. The monoisotopic (exact) mass is 326 g/mol. The van der Waals surface area contributed by atoms with Crippen molar-refractivity contribution in [3.05, 3.63) is 34.9 Å². The van der Waals surface area contributed by atoms with Crippen LogP contribution in [0.3, 0.4) is 0 Å². The molecule has 0 saturated carbocycles. The summed E-state index contributed by atoms with van der Waals surface area (Å²) in [6, 6.07) is 5.19. The fourth-order valence-electron chi connectivity index (χ4n) is 2.43. The molecule has 1 aromatic heterocycles. The van der Waals surface area contributed by atoms with Crippen molar-refractivity contribution in [1.29, 1.82) is 0 Å². The molecular formula is C14H16ClFN4S. The van der Waals surface area contributed by atoms with Crippen molar-refractivity contribution in [2.45, 2.75) is 25.8 Å². The smallest absolute Gasteiger partial charge is 0.202 e. The van der Waals surface area contributed by atoms with E-state index in [-0.39, 0.29) is 10.8 Å². The summed E-state index contributed by atoms with van der Waals surface area (Å²) in [6.45, 7) is 3.81. The Morgan fingerprint density at radius 2 is 2.38 bits per heavy atom. The van der Waals surface area contributed by atoms with E-state index in [2.05, 4.69) is 19.6 Å². The van der Waals surface area contributed by atoms with E-state index in [0.29, 0.717) is 6.04 Å². The SMILES string of the molecule is CCc1nsc(NC2CCN(c3ccc(F)c(Cl)c3)C2)n1. The Kier molecular flexibility index (Phi) is 4.26. The van der Waals surface area contributed by atoms with E-state index in [4.69, 9.17) is 11.6 Å². The van der Waals surface area contributed by atoms with Crippen molar-refractivity contribution >= 4 is 34.0 Å². The molecule has 4 nitrogen and oxygen atoms in total. The van der Waals surface area contributed by atoms with Crippen LogP contribution in [-0.2, 0) is 6.42 Å². The van der Waals surface area contributed by atoms with Gasteiger partial charge in [-0.1, -0.05) is 18.5 Å². The lowest BCUT2D eigenvalue weighted by molar-refractivity contribution is 0.628. The minimum absolute atomic E-state index is 0.167. The van der Waals surface area contributed by atoms with E-state index in [1.54, 1.807) is 12.1 Å². The van der Waals surface area contributed by atoms with Gasteiger partial charge in [-0.3, -0.25) is 0 Å². The van der Waals surface area contributed by atoms with Crippen molar-refractivity contribution in [1.82, 2.24) is 9.36 Å². The molecule has 2 aromatic rings. The van der Waals surface area contributed by atoms with E-state index in [0.717, 1.165) is 42.6 Å². The number of aryl methyl sites for hydroxylation is 1. The average Bonchev–Trinajstić information content (AvgIpc) is 3.11. The van der Waals surface area contributed by atoms with Crippen LogP contribution < -0.4 is 10.2 Å². The molecule has 1 aliphatic rings. The van der Waals surface area contributed by atoms with Gasteiger partial charge in [0.25, 0.3) is 0 Å². The van der Waals surface area contributed by atoms with Crippen LogP contribution >= 0.6 is 23.1 Å². The van der Waals surface area contributed by atoms with Gasteiger partial charge >= 0.3 is 0 Å². The predicted molar refractivity (Wildman–Crippen MR) is 84.9 cm³/mol. The first-order chi connectivity index (χ1) is 10.2. The lowest BCUT2D eigenvalue weighted by Crippen LogP contribution is -2.25. The molecule has 3 rings (SSSR count). The number of halogens is 2. The van der Waals surface area contributed by atoms with Gasteiger partial charge in [0.05, 0.1) is 5.02 Å². The molecule has 1 aliphatic heterocycles. The minimum atomic E-state index is -0.379. The Morgan fingerprint density at radius 3 is 3.10 bits per heavy atom. The number of nitrogens with zero attached hydrogens (tertiary/aromatic N) is 3. The summed E-state index contributed by atoms with van der Waals surface area (Å²) in [5, 5.41) is 4.46. The number of rotatable bonds is 4. The normalized spacial score (nSPS) is 18.2. The van der Waals surface area contributed by atoms with Gasteiger partial charge in [0, 0.05) is 42.8 Å². The zero-order valence-electron chi connectivity index (χ0n) is 11.6. The molecule has 0 radical (unpaired) electrons. The van der Waals surface area contributed by atoms with Crippen LogP contribution in [0.2, 0.25) is 5.02 Å². The van der Waals surface area contributed by atoms with Crippen LogP contribution in [0.4, 0.5) is 15.2 Å². The van der Waals surface area contributed by atoms with Crippen molar-refractivity contribution in [2.75, 3.05) is 23.3 Å². The Morgan fingerprint density at radius 1 is 1.52 bits per heavy atom. The maximum Gasteiger partial charge on any atom is 0.202 e. The first-order valence-corrected chi connectivity index (χ1v) is 8.10. The zero-order chi connectivity index (χ0) is 14.8. The Bertz CT molecular complexity index is 633. The zero-order valence-corrected chi connectivity index (χ0v) is 13.2. The van der Waals surface area contributed by atoms with Crippen molar-refractivity contribution in [3.8, 4) is 0 Å². The van der Waals surface area contributed by atoms with Gasteiger partial charge < -0.3 is 10.2 Å². The molecule has 0 bridgehead atoms. The molecule has 0 amide bonds. The second kappa shape index (κ2) is 6.15. The van der Waals surface area contributed by atoms with Gasteiger partial charge in [-0.2, -0.15) is 4.37 Å². The van der Waals surface area contributed by atoms with Crippen molar-refractivity contribution in [2.24, 2.45) is 0 Å². The molecule has 2 heterocycles. The van der Waals surface area contributed by atoms with Gasteiger partial charge in [-0.05, 0) is 24.6 Å². The van der Waals surface area contributed by atoms with Crippen LogP contribution in [0.25, 0.3) is 0 Å². The van der Waals surface area contributed by atoms with Crippen LogP contribution in [0.5, 0.6) is 0 Å². The van der Waals surface area contributed by atoms with Crippen LogP contribution in [0.15, 0.2) is 18.2 Å². The standard InChI is InChI=1S/C14H16ClFN4S/c1-2-13-18-14(21-19-13)17-9-5-6-20(8-9)10-3-4-12(16)11(15)7-10/h3-4,7,9H,2,5-6,8H2,1H3,(H,17,18,19). The van der Waals surface area contributed by atoms with Gasteiger partial charge in [0.2, 0.25) is 5.13 Å². The first kappa shape index (κ1) is 14.5. The van der Waals surface area contributed by atoms with E-state index < -0.39 is 0 Å². The molecule has 1 unspecified atom stereocenters. The Hall–Kier alpha value is -1.40. The minimum Gasteiger partial charge on any atom is -0.369 e. The summed E-state index contributed by atoms with van der Waals surface area (Å²) in [4.78, 5) is 6.62. The highest BCUT2D eigenvalue weighted by Crippen LogP contribution is 2.26. The molecule has 1 N–H and O–H groups in total. The average molecular weight is 327 g/mol. The van der Waals surface area contributed by atoms with Gasteiger partial charge in [-0.15, -0.1) is 0 Å². The maximum atomic E-state index is 13.2. The third kappa shape index (κ3) is 3.27. The molecule has 1 fully saturated rings. The maximum absolute atomic E-state index is 13.2. The van der Waals surface area contributed by atoms with E-state index >= 15 is 0 Å². The first-order valence-electron chi connectivity index (χ1n) is 6.95. The highest BCUT2D eigenvalue weighted by molar-refractivity contribution is 7.09. The summed E-state index contributed by atoms with van der Waals surface area (Å²) < 4.78 is 17.5. The lowest BCUT2D eigenvalue weighted by atomic mass is 10.3. The number of aromatic nitrogens is 2. The Balaban J connectivity index is 1.63. The van der Waals surface area contributed by atoms with Gasteiger partial charge in [0.15, 0.2) is 0 Å². The summed E-state index contributed by atoms with van der Waals surface area (Å²) in [6.07, 6.45) is 1.86. The quantitative estimate of drug-likeness (QED) is 0.932. The summed E-state index contributed by atoms with van der Waals surface area (Å²) in [7, 11) is 0. The summed E-state index contributed by atoms with van der Waals surface area (Å²) in [5.74, 6) is 0.498. The van der Waals surface area contributed by atoms with Crippen LogP contribution in [0, 0.1) is 5.82 Å². The molecule has 1 atom stereocenters. The predicted octanol–water partition coefficient (Wildman–Crippen LogP) is 3.58. The number of benzene rings is 1. The van der Waals surface area contributed by atoms with E-state index in [1.165, 1.54) is 17.6 Å². The molecule has 7 heteroatoms. The largest absolute Gasteiger partial charge is 0.369 e. The number of anilines is 2. The molecule has 0 spiro atoms. The number of hydrogen-bond donors (Lipinski definition) is 1. The highest BCUT2D eigenvalue weighted by atomic mass is 35.5. The molecule has 1 saturated heterocycles.